The van der Waals surface area contributed by atoms with Crippen molar-refractivity contribution in [3.8, 4) is 0 Å². The molecule has 2 aliphatic rings. The van der Waals surface area contributed by atoms with Crippen LogP contribution in [0.25, 0.3) is 0 Å². The van der Waals surface area contributed by atoms with Crippen molar-refractivity contribution in [2.75, 3.05) is 24.6 Å². The fraction of sp³-hybridized carbons (Fsp3) is 0.588. The molecule has 0 saturated carbocycles. The average Bonchev–Trinajstić information content (AvgIpc) is 2.74. The maximum Gasteiger partial charge on any atom is 0.497 e. The van der Waals surface area contributed by atoms with Gasteiger partial charge >= 0.3 is 7.12 Å². The van der Waals surface area contributed by atoms with Crippen molar-refractivity contribution in [3.63, 3.8) is 0 Å². The third-order valence-electron chi connectivity index (χ3n) is 5.39. The molecule has 0 aromatic heterocycles. The Bertz CT molecular complexity index is 810. The van der Waals surface area contributed by atoms with Gasteiger partial charge < -0.3 is 14.2 Å². The van der Waals surface area contributed by atoms with E-state index in [1.54, 1.807) is 0 Å². The molecule has 0 atom stereocenters. The molecule has 2 heterocycles. The molecule has 26 heavy (non-hydrogen) atoms. The fourth-order valence-electron chi connectivity index (χ4n) is 2.92. The van der Waals surface area contributed by atoms with Crippen LogP contribution in [0.5, 0.6) is 0 Å². The lowest BCUT2D eigenvalue weighted by Crippen LogP contribution is -2.44. The van der Waals surface area contributed by atoms with Crippen LogP contribution in [0.1, 0.15) is 38.1 Å². The minimum absolute atomic E-state index is 0.0623. The Balaban J connectivity index is 1.77. The highest BCUT2D eigenvalue weighted by Crippen LogP contribution is 2.36. The first-order valence-electron chi connectivity index (χ1n) is 8.57. The van der Waals surface area contributed by atoms with Crippen LogP contribution in [0.3, 0.4) is 0 Å². The van der Waals surface area contributed by atoms with Crippen LogP contribution in [0.2, 0.25) is 0 Å². The molecule has 0 aliphatic carbocycles. The number of hydrogen-bond acceptors (Lipinski definition) is 5. The highest BCUT2D eigenvalue weighted by Gasteiger charge is 2.52. The summed E-state index contributed by atoms with van der Waals surface area (Å²) in [5, 5.41) is 0. The summed E-state index contributed by atoms with van der Waals surface area (Å²) < 4.78 is 49.3. The Labute approximate surface area is 153 Å². The first kappa shape index (κ1) is 19.3. The summed E-state index contributed by atoms with van der Waals surface area (Å²) in [6.07, 6.45) is 0. The zero-order chi connectivity index (χ0) is 19.3. The number of sulfone groups is 1. The molecule has 0 spiro atoms. The van der Waals surface area contributed by atoms with Crippen LogP contribution >= 0.6 is 0 Å². The topological polar surface area (TPSA) is 72.9 Å². The summed E-state index contributed by atoms with van der Waals surface area (Å²) in [7, 11) is -3.92. The summed E-state index contributed by atoms with van der Waals surface area (Å²) in [5.41, 5.74) is -0.751. The molecule has 1 amide bonds. The number of carbonyl (C=O) groups is 1. The molecule has 6 nitrogen and oxygen atoms in total. The fourth-order valence-corrected chi connectivity index (χ4v) is 4.12. The first-order chi connectivity index (χ1) is 11.9. The van der Waals surface area contributed by atoms with Crippen molar-refractivity contribution in [2.45, 2.75) is 38.9 Å². The molecule has 2 fully saturated rings. The molecular formula is C17H23BFNO5S. The van der Waals surface area contributed by atoms with Gasteiger partial charge in [0.2, 0.25) is 0 Å². The van der Waals surface area contributed by atoms with E-state index >= 15 is 0 Å². The van der Waals surface area contributed by atoms with E-state index in [0.29, 0.717) is 0 Å². The van der Waals surface area contributed by atoms with Crippen LogP contribution in [0, 0.1) is 5.82 Å². The Morgan fingerprint density at radius 3 is 2.15 bits per heavy atom. The molecule has 1 aromatic rings. The maximum atomic E-state index is 14.6. The lowest BCUT2D eigenvalue weighted by atomic mass is 9.78. The molecule has 0 bridgehead atoms. The van der Waals surface area contributed by atoms with Crippen LogP contribution in [-0.2, 0) is 19.1 Å². The van der Waals surface area contributed by atoms with Gasteiger partial charge in [0.05, 0.1) is 22.7 Å². The number of halogens is 1. The van der Waals surface area contributed by atoms with E-state index in [1.165, 1.54) is 17.0 Å². The molecule has 2 saturated heterocycles. The lowest BCUT2D eigenvalue weighted by Gasteiger charge is -2.32. The third-order valence-corrected chi connectivity index (χ3v) is 7.00. The summed E-state index contributed by atoms with van der Waals surface area (Å²) in [4.78, 5) is 13.9. The predicted molar refractivity (Wildman–Crippen MR) is 96.7 cm³/mol. The van der Waals surface area contributed by atoms with Gasteiger partial charge in [0, 0.05) is 24.1 Å². The van der Waals surface area contributed by atoms with Crippen molar-refractivity contribution < 1.29 is 26.9 Å². The molecule has 0 unspecified atom stereocenters. The molecule has 0 radical (unpaired) electrons. The highest BCUT2D eigenvalue weighted by molar-refractivity contribution is 7.91. The van der Waals surface area contributed by atoms with Gasteiger partial charge in [-0.3, -0.25) is 4.79 Å². The standard InChI is InChI=1S/C17H23BFNO5S/c1-16(2)17(3,4)25-18(24-16)13-6-5-12(11-14(13)19)15(21)20-7-9-26(22,23)10-8-20/h5-6,11H,7-10H2,1-4H3. The van der Waals surface area contributed by atoms with Crippen molar-refractivity contribution in [1.82, 2.24) is 4.90 Å². The number of rotatable bonds is 2. The Morgan fingerprint density at radius 1 is 1.12 bits per heavy atom. The van der Waals surface area contributed by atoms with Crippen molar-refractivity contribution >= 4 is 28.3 Å². The average molecular weight is 383 g/mol. The number of hydrogen-bond donors (Lipinski definition) is 0. The van der Waals surface area contributed by atoms with Crippen LogP contribution < -0.4 is 5.46 Å². The zero-order valence-corrected chi connectivity index (χ0v) is 16.2. The predicted octanol–water partition coefficient (Wildman–Crippen LogP) is 0.996. The largest absolute Gasteiger partial charge is 0.497 e. The SMILES string of the molecule is CC1(C)OB(c2ccc(C(=O)N3CCS(=O)(=O)CC3)cc2F)OC1(C)C. The van der Waals surface area contributed by atoms with E-state index < -0.39 is 34.0 Å². The maximum absolute atomic E-state index is 14.6. The molecule has 2 aliphatic heterocycles. The summed E-state index contributed by atoms with van der Waals surface area (Å²) in [5.74, 6) is -1.08. The van der Waals surface area contributed by atoms with E-state index in [9.17, 15) is 17.6 Å². The van der Waals surface area contributed by atoms with Gasteiger partial charge in [-0.25, -0.2) is 12.8 Å². The third kappa shape index (κ3) is 3.52. The lowest BCUT2D eigenvalue weighted by molar-refractivity contribution is 0.00578. The minimum atomic E-state index is -3.08. The van der Waals surface area contributed by atoms with Gasteiger partial charge in [0.15, 0.2) is 9.84 Å². The van der Waals surface area contributed by atoms with Gasteiger partial charge in [0.1, 0.15) is 5.82 Å². The van der Waals surface area contributed by atoms with Crippen molar-refractivity contribution in [3.05, 3.63) is 29.6 Å². The van der Waals surface area contributed by atoms with Gasteiger partial charge in [-0.05, 0) is 39.8 Å². The molecular weight excluding hydrogens is 360 g/mol. The van der Waals surface area contributed by atoms with Crippen LogP contribution in [0.15, 0.2) is 18.2 Å². The molecule has 1 aromatic carbocycles. The second-order valence-corrected chi connectivity index (χ2v) is 10.1. The Hall–Kier alpha value is -1.45. The molecule has 0 N–H and O–H groups in total. The quantitative estimate of drug-likeness (QED) is 0.713. The number of nitrogens with zero attached hydrogens (tertiary/aromatic N) is 1. The van der Waals surface area contributed by atoms with E-state index in [1.807, 2.05) is 27.7 Å². The minimum Gasteiger partial charge on any atom is -0.399 e. The second kappa shape index (κ2) is 6.32. The van der Waals surface area contributed by atoms with Crippen molar-refractivity contribution in [1.29, 1.82) is 0 Å². The monoisotopic (exact) mass is 383 g/mol. The molecule has 142 valence electrons. The first-order valence-corrected chi connectivity index (χ1v) is 10.4. The summed E-state index contributed by atoms with van der Waals surface area (Å²) in [6, 6.07) is 4.17. The zero-order valence-electron chi connectivity index (χ0n) is 15.4. The van der Waals surface area contributed by atoms with Crippen molar-refractivity contribution in [2.24, 2.45) is 0 Å². The summed E-state index contributed by atoms with van der Waals surface area (Å²) >= 11 is 0. The Morgan fingerprint density at radius 2 is 1.65 bits per heavy atom. The van der Waals surface area contributed by atoms with Gasteiger partial charge in [-0.2, -0.15) is 0 Å². The number of benzene rings is 1. The van der Waals surface area contributed by atoms with Gasteiger partial charge in [-0.1, -0.05) is 6.07 Å². The molecule has 3 rings (SSSR count). The summed E-state index contributed by atoms with van der Waals surface area (Å²) in [6.45, 7) is 7.78. The second-order valence-electron chi connectivity index (χ2n) is 7.77. The van der Waals surface area contributed by atoms with Crippen LogP contribution in [0.4, 0.5) is 4.39 Å². The van der Waals surface area contributed by atoms with E-state index in [4.69, 9.17) is 9.31 Å². The van der Waals surface area contributed by atoms with Gasteiger partial charge in [-0.15, -0.1) is 0 Å². The number of amides is 1. The molecule has 9 heteroatoms. The smallest absolute Gasteiger partial charge is 0.399 e. The highest BCUT2D eigenvalue weighted by atomic mass is 32.2. The number of carbonyl (C=O) groups excluding carboxylic acids is 1. The van der Waals surface area contributed by atoms with E-state index in [0.717, 1.165) is 6.07 Å². The van der Waals surface area contributed by atoms with E-state index in [-0.39, 0.29) is 41.5 Å². The van der Waals surface area contributed by atoms with Crippen LogP contribution in [-0.4, -0.2) is 62.1 Å². The normalized spacial score (nSPS) is 23.9. The Kier molecular flexibility index (Phi) is 4.69. The van der Waals surface area contributed by atoms with Gasteiger partial charge in [0.25, 0.3) is 5.91 Å². The van der Waals surface area contributed by atoms with E-state index in [2.05, 4.69) is 0 Å².